The third-order valence-corrected chi connectivity index (χ3v) is 7.72. The number of ether oxygens (including phenoxy) is 1. The van der Waals surface area contributed by atoms with E-state index in [1.807, 2.05) is 0 Å². The molecule has 39 heavy (non-hydrogen) atoms. The minimum Gasteiger partial charge on any atom is -0.481 e. The number of hydrogen-bond donors (Lipinski definition) is 2. The van der Waals surface area contributed by atoms with Crippen molar-refractivity contribution in [2.45, 2.75) is 43.9 Å². The number of piperidine rings is 1. The number of carbonyl (C=O) groups excluding carboxylic acids is 2. The summed E-state index contributed by atoms with van der Waals surface area (Å²) in [6, 6.07) is 2.83. The molecule has 1 saturated carbocycles. The van der Waals surface area contributed by atoms with E-state index >= 15 is 0 Å². The third kappa shape index (κ3) is 5.04. The summed E-state index contributed by atoms with van der Waals surface area (Å²) in [6.45, 7) is -0.149. The molecule has 4 heterocycles. The van der Waals surface area contributed by atoms with Gasteiger partial charge in [0, 0.05) is 48.8 Å². The molecule has 2 N–H and O–H groups in total. The molecule has 0 aromatic carbocycles. The molecule has 3 aromatic rings. The van der Waals surface area contributed by atoms with E-state index in [4.69, 9.17) is 16.3 Å². The van der Waals surface area contributed by atoms with Crippen LogP contribution < -0.4 is 10.1 Å². The van der Waals surface area contributed by atoms with Crippen molar-refractivity contribution >= 4 is 23.4 Å². The van der Waals surface area contributed by atoms with Gasteiger partial charge in [0.25, 0.3) is 5.91 Å². The monoisotopic (exact) mass is 569 g/mol. The Morgan fingerprint density at radius 2 is 2.05 bits per heavy atom. The molecule has 1 atom stereocenters. The lowest BCUT2D eigenvalue weighted by Gasteiger charge is -2.39. The predicted molar refractivity (Wildman–Crippen MR) is 129 cm³/mol. The number of rotatable bonds is 6. The fourth-order valence-electron chi connectivity index (χ4n) is 5.05. The third-order valence-electron chi connectivity index (χ3n) is 7.24. The van der Waals surface area contributed by atoms with Crippen LogP contribution in [0.25, 0.3) is 11.3 Å². The van der Waals surface area contributed by atoms with Crippen LogP contribution >= 0.6 is 11.6 Å². The van der Waals surface area contributed by atoms with Crippen molar-refractivity contribution in [1.29, 1.82) is 0 Å². The highest BCUT2D eigenvalue weighted by molar-refractivity contribution is 6.30. The second kappa shape index (κ2) is 9.81. The highest BCUT2D eigenvalue weighted by Gasteiger charge is 2.54. The number of nitrogens with one attached hydrogen (secondary N) is 2. The van der Waals surface area contributed by atoms with Crippen LogP contribution in [0.1, 0.15) is 47.4 Å². The van der Waals surface area contributed by atoms with E-state index in [1.54, 1.807) is 4.90 Å². The highest BCUT2D eigenvalue weighted by Crippen LogP contribution is 2.50. The summed E-state index contributed by atoms with van der Waals surface area (Å²) < 4.78 is 60.2. The molecule has 1 unspecified atom stereocenters. The number of H-pyrrole nitrogens is 1. The number of pyridine rings is 1. The Morgan fingerprint density at radius 1 is 1.31 bits per heavy atom. The van der Waals surface area contributed by atoms with Gasteiger partial charge in [-0.2, -0.15) is 23.4 Å². The van der Waals surface area contributed by atoms with Gasteiger partial charge in [-0.25, -0.2) is 9.37 Å². The van der Waals surface area contributed by atoms with Crippen LogP contribution in [-0.2, 0) is 24.6 Å². The Labute approximate surface area is 224 Å². The average Bonchev–Trinajstić information content (AvgIpc) is 3.35. The fraction of sp³-hybridized carbons (Fsp3) is 0.458. The summed E-state index contributed by atoms with van der Waals surface area (Å²) >= 11 is 5.99. The lowest BCUT2D eigenvalue weighted by molar-refractivity contribution is -0.142. The minimum atomic E-state index is -4.71. The number of methoxy groups -OCH3 is 1. The summed E-state index contributed by atoms with van der Waals surface area (Å²) in [5, 5.41) is 12.5. The maximum absolute atomic E-state index is 14.3. The van der Waals surface area contributed by atoms with Crippen molar-refractivity contribution in [3.63, 3.8) is 0 Å². The summed E-state index contributed by atoms with van der Waals surface area (Å²) in [5.41, 5.74) is -1.47. The number of halogens is 5. The smallest absolute Gasteiger partial charge is 0.435 e. The largest absolute Gasteiger partial charge is 0.481 e. The zero-order chi connectivity index (χ0) is 28.1. The molecule has 3 aromatic heterocycles. The van der Waals surface area contributed by atoms with Crippen LogP contribution in [0, 0.1) is 11.7 Å². The van der Waals surface area contributed by atoms with Crippen molar-refractivity contribution in [1.82, 2.24) is 35.2 Å². The number of aromatic amines is 1. The second-order valence-corrected chi connectivity index (χ2v) is 10.1. The van der Waals surface area contributed by atoms with Gasteiger partial charge in [0.1, 0.15) is 10.8 Å². The highest BCUT2D eigenvalue weighted by atomic mass is 35.5. The minimum absolute atomic E-state index is 0.121. The van der Waals surface area contributed by atoms with Crippen LogP contribution in [0.15, 0.2) is 18.3 Å². The van der Waals surface area contributed by atoms with Gasteiger partial charge >= 0.3 is 6.18 Å². The number of aryl methyl sites for hydroxylation is 1. The quantitative estimate of drug-likeness (QED) is 0.437. The molecule has 1 aliphatic carbocycles. The Bertz CT molecular complexity index is 1430. The Balaban J connectivity index is 1.25. The van der Waals surface area contributed by atoms with Gasteiger partial charge in [0.2, 0.25) is 11.8 Å². The number of aromatic nitrogens is 5. The van der Waals surface area contributed by atoms with E-state index in [0.717, 1.165) is 10.9 Å². The number of carbonyl (C=O) groups is 2. The first kappa shape index (κ1) is 26.9. The summed E-state index contributed by atoms with van der Waals surface area (Å²) in [7, 11) is 2.69. The van der Waals surface area contributed by atoms with Gasteiger partial charge in [-0.15, -0.1) is 0 Å². The molecule has 10 nitrogen and oxygen atoms in total. The molecule has 2 fully saturated rings. The maximum atomic E-state index is 14.3. The molecule has 2 aliphatic rings. The van der Waals surface area contributed by atoms with E-state index in [1.165, 1.54) is 26.3 Å². The number of nitrogens with zero attached hydrogens (tertiary/aromatic N) is 5. The predicted octanol–water partition coefficient (Wildman–Crippen LogP) is 3.73. The van der Waals surface area contributed by atoms with Crippen LogP contribution in [-0.4, -0.2) is 60.9 Å². The SMILES string of the molecule is COc1cc(-c2cc(C(=O)N3CCC(C(=O)NCc4c(C(F)(F)F)nn(C)c4Cl)CC34CC4)[nH]n2)c(F)cn1. The van der Waals surface area contributed by atoms with Gasteiger partial charge in [-0.1, -0.05) is 11.6 Å². The number of amides is 2. The van der Waals surface area contributed by atoms with Gasteiger partial charge in [0.05, 0.1) is 19.0 Å². The van der Waals surface area contributed by atoms with Gasteiger partial charge in [0.15, 0.2) is 11.5 Å². The molecule has 5 rings (SSSR count). The first-order valence-electron chi connectivity index (χ1n) is 12.1. The van der Waals surface area contributed by atoms with Crippen molar-refractivity contribution in [3.8, 4) is 17.1 Å². The van der Waals surface area contributed by atoms with Crippen molar-refractivity contribution < 1.29 is 31.9 Å². The summed E-state index contributed by atoms with van der Waals surface area (Å²) in [5.74, 6) is -1.66. The van der Waals surface area contributed by atoms with Gasteiger partial charge in [-0.05, 0) is 31.7 Å². The number of hydrogen-bond acceptors (Lipinski definition) is 6. The molecule has 15 heteroatoms. The molecule has 0 bridgehead atoms. The Morgan fingerprint density at radius 3 is 2.72 bits per heavy atom. The fourth-order valence-corrected chi connectivity index (χ4v) is 5.24. The van der Waals surface area contributed by atoms with Crippen molar-refractivity contribution in [2.24, 2.45) is 13.0 Å². The number of likely N-dealkylation sites (tertiary alicyclic amines) is 1. The second-order valence-electron chi connectivity index (χ2n) is 9.70. The zero-order valence-corrected chi connectivity index (χ0v) is 21.7. The van der Waals surface area contributed by atoms with E-state index in [9.17, 15) is 27.2 Å². The van der Waals surface area contributed by atoms with E-state index in [-0.39, 0.29) is 46.0 Å². The van der Waals surface area contributed by atoms with Gasteiger partial charge < -0.3 is 15.0 Å². The zero-order valence-electron chi connectivity index (χ0n) is 20.9. The lowest BCUT2D eigenvalue weighted by atomic mass is 9.88. The molecular formula is C24H24ClF4N7O3. The van der Waals surface area contributed by atoms with Gasteiger partial charge in [-0.3, -0.25) is 19.4 Å². The van der Waals surface area contributed by atoms with Crippen LogP contribution in [0.5, 0.6) is 5.88 Å². The Kier molecular flexibility index (Phi) is 6.77. The average molecular weight is 570 g/mol. The van der Waals surface area contributed by atoms with Crippen molar-refractivity contribution in [2.75, 3.05) is 13.7 Å². The first-order chi connectivity index (χ1) is 18.4. The Hall–Kier alpha value is -3.68. The molecule has 0 radical (unpaired) electrons. The standard InChI is InChI=1S/C24H24ClF4N7O3/c1-35-20(25)14(19(34-35)24(27,28)29)10-31-21(37)12-3-6-36(23(9-12)4-5-23)22(38)17-8-16(32-33-17)13-7-18(39-2)30-11-15(13)26/h7-8,11-12H,3-6,9-10H2,1-2H3,(H,31,37)(H,32,33). The summed E-state index contributed by atoms with van der Waals surface area (Å²) in [4.78, 5) is 31.8. The topological polar surface area (TPSA) is 118 Å². The van der Waals surface area contributed by atoms with Crippen LogP contribution in [0.2, 0.25) is 5.15 Å². The number of alkyl halides is 3. The van der Waals surface area contributed by atoms with Crippen LogP contribution in [0.3, 0.4) is 0 Å². The molecular weight excluding hydrogens is 546 g/mol. The first-order valence-corrected chi connectivity index (χ1v) is 12.4. The molecule has 1 spiro atoms. The molecule has 1 saturated heterocycles. The maximum Gasteiger partial charge on any atom is 0.435 e. The van der Waals surface area contributed by atoms with E-state index < -0.39 is 41.6 Å². The normalized spacial score (nSPS) is 18.3. The van der Waals surface area contributed by atoms with Crippen molar-refractivity contribution in [3.05, 3.63) is 46.3 Å². The van der Waals surface area contributed by atoms with E-state index in [0.29, 0.717) is 25.7 Å². The molecule has 2 amide bonds. The lowest BCUT2D eigenvalue weighted by Crippen LogP contribution is -2.50. The molecule has 208 valence electrons. The molecule has 1 aliphatic heterocycles. The van der Waals surface area contributed by atoms with E-state index in [2.05, 4.69) is 25.6 Å². The summed E-state index contributed by atoms with van der Waals surface area (Å²) in [6.07, 6.45) is -1.64. The van der Waals surface area contributed by atoms with Crippen LogP contribution in [0.4, 0.5) is 17.6 Å².